The van der Waals surface area contributed by atoms with Crippen LogP contribution >= 0.6 is 0 Å². The van der Waals surface area contributed by atoms with Crippen LogP contribution in [0.25, 0.3) is 0 Å². The molecule has 5 heteroatoms. The van der Waals surface area contributed by atoms with Gasteiger partial charge in [0.05, 0.1) is 19.3 Å². The van der Waals surface area contributed by atoms with Crippen LogP contribution in [0.2, 0.25) is 0 Å². The number of morpholine rings is 1. The van der Waals surface area contributed by atoms with E-state index in [9.17, 15) is 4.79 Å². The number of hydrogen-bond acceptors (Lipinski definition) is 5. The topological polar surface area (TPSA) is 44.8 Å². The van der Waals surface area contributed by atoms with Gasteiger partial charge in [-0.15, -0.1) is 0 Å². The van der Waals surface area contributed by atoms with E-state index in [0.717, 1.165) is 65.3 Å². The van der Waals surface area contributed by atoms with E-state index >= 15 is 0 Å². The zero-order valence-electron chi connectivity index (χ0n) is 9.73. The summed E-state index contributed by atoms with van der Waals surface area (Å²) in [5.74, 6) is 0. The van der Waals surface area contributed by atoms with Crippen molar-refractivity contribution in [2.24, 2.45) is 0 Å². The molecule has 0 aromatic carbocycles. The maximum atomic E-state index is 10.9. The molecule has 92 valence electrons. The normalized spacial score (nSPS) is 29.1. The molecule has 0 radical (unpaired) electrons. The molecular formula is C11H21N3O2. The molecule has 2 rings (SSSR count). The third kappa shape index (κ3) is 3.25. The van der Waals surface area contributed by atoms with Gasteiger partial charge in [0.25, 0.3) is 0 Å². The molecule has 0 aromatic heterocycles. The van der Waals surface area contributed by atoms with Crippen molar-refractivity contribution in [1.29, 1.82) is 0 Å². The van der Waals surface area contributed by atoms with Crippen LogP contribution in [0.15, 0.2) is 0 Å². The smallest absolute Gasteiger partial charge is 0.138 e. The first-order chi connectivity index (χ1) is 7.90. The Morgan fingerprint density at radius 3 is 2.81 bits per heavy atom. The summed E-state index contributed by atoms with van der Waals surface area (Å²) in [4.78, 5) is 15.6. The molecular weight excluding hydrogens is 206 g/mol. The number of ether oxygens (including phenoxy) is 1. The van der Waals surface area contributed by atoms with Crippen molar-refractivity contribution >= 4 is 6.29 Å². The monoisotopic (exact) mass is 227 g/mol. The van der Waals surface area contributed by atoms with Crippen molar-refractivity contribution in [3.8, 4) is 0 Å². The maximum absolute atomic E-state index is 10.9. The van der Waals surface area contributed by atoms with Crippen LogP contribution in [0.3, 0.4) is 0 Å². The molecule has 0 bridgehead atoms. The van der Waals surface area contributed by atoms with Gasteiger partial charge in [0.2, 0.25) is 0 Å². The number of carbonyl (C=O) groups is 1. The lowest BCUT2D eigenvalue weighted by Gasteiger charge is -2.35. The minimum absolute atomic E-state index is 0.0646. The molecule has 2 heterocycles. The van der Waals surface area contributed by atoms with E-state index in [2.05, 4.69) is 15.1 Å². The van der Waals surface area contributed by atoms with E-state index in [1.807, 2.05) is 0 Å². The second-order valence-electron chi connectivity index (χ2n) is 4.40. The Balaban J connectivity index is 1.72. The molecule has 2 saturated heterocycles. The molecule has 16 heavy (non-hydrogen) atoms. The predicted octanol–water partition coefficient (Wildman–Crippen LogP) is -1.21. The molecule has 1 atom stereocenters. The quantitative estimate of drug-likeness (QED) is 0.611. The van der Waals surface area contributed by atoms with Crippen LogP contribution in [0.5, 0.6) is 0 Å². The van der Waals surface area contributed by atoms with Crippen LogP contribution in [0, 0.1) is 0 Å². The lowest BCUT2D eigenvalue weighted by atomic mass is 10.2. The Labute approximate surface area is 96.7 Å². The van der Waals surface area contributed by atoms with Crippen molar-refractivity contribution in [2.45, 2.75) is 6.04 Å². The van der Waals surface area contributed by atoms with Crippen molar-refractivity contribution in [1.82, 2.24) is 15.1 Å². The minimum atomic E-state index is 0.0646. The molecule has 2 aliphatic rings. The molecule has 0 spiro atoms. The summed E-state index contributed by atoms with van der Waals surface area (Å²) in [6.45, 7) is 8.56. The number of piperazine rings is 1. The summed E-state index contributed by atoms with van der Waals surface area (Å²) in [7, 11) is 0. The van der Waals surface area contributed by atoms with E-state index in [0.29, 0.717) is 0 Å². The van der Waals surface area contributed by atoms with Crippen LogP contribution in [-0.4, -0.2) is 81.2 Å². The largest absolute Gasteiger partial charge is 0.379 e. The van der Waals surface area contributed by atoms with Gasteiger partial charge in [-0.05, 0) is 0 Å². The highest BCUT2D eigenvalue weighted by Gasteiger charge is 2.21. The molecule has 0 amide bonds. The summed E-state index contributed by atoms with van der Waals surface area (Å²) in [6, 6.07) is 0.0646. The van der Waals surface area contributed by atoms with Crippen molar-refractivity contribution in [2.75, 3.05) is 59.0 Å². The van der Waals surface area contributed by atoms with Gasteiger partial charge >= 0.3 is 0 Å². The Kier molecular flexibility index (Phi) is 4.71. The second kappa shape index (κ2) is 6.30. The fourth-order valence-electron chi connectivity index (χ4n) is 2.27. The SMILES string of the molecule is O=CC1CNCCN1CCN1CCOCC1. The Hall–Kier alpha value is -0.490. The summed E-state index contributed by atoms with van der Waals surface area (Å²) < 4.78 is 5.31. The molecule has 0 saturated carbocycles. The minimum Gasteiger partial charge on any atom is -0.379 e. The Morgan fingerprint density at radius 1 is 1.25 bits per heavy atom. The fourth-order valence-corrected chi connectivity index (χ4v) is 2.27. The Bertz CT molecular complexity index is 219. The van der Waals surface area contributed by atoms with Gasteiger partial charge in [0.1, 0.15) is 6.29 Å². The van der Waals surface area contributed by atoms with E-state index in [4.69, 9.17) is 4.74 Å². The van der Waals surface area contributed by atoms with Gasteiger partial charge in [-0.2, -0.15) is 0 Å². The number of hydrogen-bond donors (Lipinski definition) is 1. The van der Waals surface area contributed by atoms with E-state index in [-0.39, 0.29) is 6.04 Å². The van der Waals surface area contributed by atoms with Crippen LogP contribution < -0.4 is 5.32 Å². The molecule has 1 N–H and O–H groups in total. The van der Waals surface area contributed by atoms with Crippen molar-refractivity contribution in [3.05, 3.63) is 0 Å². The molecule has 1 unspecified atom stereocenters. The fraction of sp³-hybridized carbons (Fsp3) is 0.909. The van der Waals surface area contributed by atoms with Crippen LogP contribution in [0.4, 0.5) is 0 Å². The van der Waals surface area contributed by atoms with Crippen LogP contribution in [-0.2, 0) is 9.53 Å². The summed E-state index contributed by atoms with van der Waals surface area (Å²) in [6.07, 6.45) is 1.06. The van der Waals surface area contributed by atoms with Gasteiger partial charge in [-0.1, -0.05) is 0 Å². The summed E-state index contributed by atoms with van der Waals surface area (Å²) in [5, 5.41) is 3.25. The number of rotatable bonds is 4. The van der Waals surface area contributed by atoms with Gasteiger partial charge < -0.3 is 14.8 Å². The summed E-state index contributed by atoms with van der Waals surface area (Å²) in [5.41, 5.74) is 0. The van der Waals surface area contributed by atoms with Crippen molar-refractivity contribution in [3.63, 3.8) is 0 Å². The Morgan fingerprint density at radius 2 is 2.06 bits per heavy atom. The lowest BCUT2D eigenvalue weighted by Crippen LogP contribution is -2.54. The molecule has 5 nitrogen and oxygen atoms in total. The number of carbonyl (C=O) groups excluding carboxylic acids is 1. The first kappa shape index (κ1) is 12.0. The maximum Gasteiger partial charge on any atom is 0.138 e. The highest BCUT2D eigenvalue weighted by atomic mass is 16.5. The van der Waals surface area contributed by atoms with Gasteiger partial charge in [-0.3, -0.25) is 9.80 Å². The molecule has 2 aliphatic heterocycles. The average Bonchev–Trinajstić information content (AvgIpc) is 2.38. The first-order valence-electron chi connectivity index (χ1n) is 6.10. The molecule has 0 aromatic rings. The first-order valence-corrected chi connectivity index (χ1v) is 6.10. The highest BCUT2D eigenvalue weighted by Crippen LogP contribution is 2.02. The van der Waals surface area contributed by atoms with E-state index in [1.165, 1.54) is 0 Å². The van der Waals surface area contributed by atoms with Crippen LogP contribution in [0.1, 0.15) is 0 Å². The van der Waals surface area contributed by atoms with E-state index < -0.39 is 0 Å². The average molecular weight is 227 g/mol. The zero-order valence-corrected chi connectivity index (χ0v) is 9.73. The highest BCUT2D eigenvalue weighted by molar-refractivity contribution is 5.58. The standard InChI is InChI=1S/C11H21N3O2/c15-10-11-9-12-1-2-14(11)4-3-13-5-7-16-8-6-13/h10-12H,1-9H2. The van der Waals surface area contributed by atoms with Gasteiger partial charge in [-0.25, -0.2) is 0 Å². The number of nitrogens with zero attached hydrogens (tertiary/aromatic N) is 2. The second-order valence-corrected chi connectivity index (χ2v) is 4.40. The zero-order chi connectivity index (χ0) is 11.2. The third-order valence-corrected chi connectivity index (χ3v) is 3.36. The molecule has 0 aliphatic carbocycles. The lowest BCUT2D eigenvalue weighted by molar-refractivity contribution is -0.113. The van der Waals surface area contributed by atoms with Gasteiger partial charge in [0, 0.05) is 45.8 Å². The predicted molar refractivity (Wildman–Crippen MR) is 61.6 cm³/mol. The third-order valence-electron chi connectivity index (χ3n) is 3.36. The van der Waals surface area contributed by atoms with Crippen molar-refractivity contribution < 1.29 is 9.53 Å². The number of nitrogens with one attached hydrogen (secondary N) is 1. The van der Waals surface area contributed by atoms with Gasteiger partial charge in [0.15, 0.2) is 0 Å². The van der Waals surface area contributed by atoms with E-state index in [1.54, 1.807) is 0 Å². The number of aldehydes is 1. The summed E-state index contributed by atoms with van der Waals surface area (Å²) >= 11 is 0. The molecule has 2 fully saturated rings.